The third-order valence-corrected chi connectivity index (χ3v) is 4.75. The minimum absolute atomic E-state index is 0.0787. The lowest BCUT2D eigenvalue weighted by molar-refractivity contribution is 0.120. The molecule has 0 saturated carbocycles. The Balaban J connectivity index is 1.76. The van der Waals surface area contributed by atoms with Gasteiger partial charge in [-0.05, 0) is 50.3 Å². The van der Waals surface area contributed by atoms with E-state index in [-0.39, 0.29) is 11.9 Å². The Morgan fingerprint density at radius 3 is 2.61 bits per heavy atom. The van der Waals surface area contributed by atoms with E-state index in [1.807, 2.05) is 0 Å². The zero-order valence-corrected chi connectivity index (χ0v) is 10.7. The SMILES string of the molecule is CN1C2CCC1CC(C(N)c1cncc(F)c1)C2. The fraction of sp³-hybridized carbons (Fsp3) is 0.643. The average Bonchev–Trinajstić information content (AvgIpc) is 2.61. The monoisotopic (exact) mass is 249 g/mol. The van der Waals surface area contributed by atoms with Crippen molar-refractivity contribution in [3.8, 4) is 0 Å². The standard InChI is InChI=1S/C14H20FN3/c1-18-12-2-3-13(18)6-9(5-12)14(16)10-4-11(15)8-17-7-10/h4,7-9,12-14H,2-3,5-6,16H2,1H3. The highest BCUT2D eigenvalue weighted by atomic mass is 19.1. The first-order chi connectivity index (χ1) is 8.65. The number of hydrogen-bond donors (Lipinski definition) is 1. The second-order valence-corrected chi connectivity index (χ2v) is 5.74. The quantitative estimate of drug-likeness (QED) is 0.872. The molecule has 18 heavy (non-hydrogen) atoms. The lowest BCUT2D eigenvalue weighted by Gasteiger charge is -2.38. The van der Waals surface area contributed by atoms with Gasteiger partial charge >= 0.3 is 0 Å². The van der Waals surface area contributed by atoms with E-state index in [9.17, 15) is 4.39 Å². The Kier molecular flexibility index (Phi) is 3.08. The van der Waals surface area contributed by atoms with E-state index in [1.54, 1.807) is 6.20 Å². The van der Waals surface area contributed by atoms with E-state index in [2.05, 4.69) is 16.9 Å². The van der Waals surface area contributed by atoms with Gasteiger partial charge in [-0.3, -0.25) is 4.98 Å². The van der Waals surface area contributed by atoms with Crippen LogP contribution >= 0.6 is 0 Å². The highest BCUT2D eigenvalue weighted by Gasteiger charge is 2.40. The fourth-order valence-electron chi connectivity index (χ4n) is 3.63. The van der Waals surface area contributed by atoms with Crippen molar-refractivity contribution >= 4 is 0 Å². The molecule has 0 radical (unpaired) electrons. The Hall–Kier alpha value is -1.00. The largest absolute Gasteiger partial charge is 0.324 e. The molecule has 3 heterocycles. The minimum atomic E-state index is -0.293. The number of aromatic nitrogens is 1. The van der Waals surface area contributed by atoms with Crippen molar-refractivity contribution in [1.82, 2.24) is 9.88 Å². The van der Waals surface area contributed by atoms with Crippen LogP contribution in [0.15, 0.2) is 18.5 Å². The number of nitrogens with two attached hydrogens (primary N) is 1. The summed E-state index contributed by atoms with van der Waals surface area (Å²) in [6, 6.07) is 2.78. The summed E-state index contributed by atoms with van der Waals surface area (Å²) in [6.07, 6.45) is 7.76. The molecule has 2 fully saturated rings. The van der Waals surface area contributed by atoms with Gasteiger partial charge in [-0.25, -0.2) is 4.39 Å². The van der Waals surface area contributed by atoms with Gasteiger partial charge in [0.2, 0.25) is 0 Å². The first kappa shape index (κ1) is 12.1. The predicted octanol–water partition coefficient (Wildman–Crippen LogP) is 2.09. The number of hydrogen-bond acceptors (Lipinski definition) is 3. The van der Waals surface area contributed by atoms with E-state index >= 15 is 0 Å². The molecule has 1 aromatic rings. The predicted molar refractivity (Wildman–Crippen MR) is 68.4 cm³/mol. The number of piperidine rings is 1. The van der Waals surface area contributed by atoms with Gasteiger partial charge in [-0.2, -0.15) is 0 Å². The van der Waals surface area contributed by atoms with E-state index in [0.717, 1.165) is 18.4 Å². The van der Waals surface area contributed by atoms with Crippen molar-refractivity contribution in [2.24, 2.45) is 11.7 Å². The van der Waals surface area contributed by atoms with Crippen molar-refractivity contribution in [3.05, 3.63) is 29.8 Å². The van der Waals surface area contributed by atoms with E-state index in [0.29, 0.717) is 18.0 Å². The first-order valence-electron chi connectivity index (χ1n) is 6.73. The topological polar surface area (TPSA) is 42.1 Å². The summed E-state index contributed by atoms with van der Waals surface area (Å²) in [4.78, 5) is 6.40. The molecule has 0 spiro atoms. The molecule has 3 unspecified atom stereocenters. The van der Waals surface area contributed by atoms with Crippen LogP contribution in [0.25, 0.3) is 0 Å². The zero-order valence-electron chi connectivity index (χ0n) is 10.7. The molecule has 2 aliphatic heterocycles. The Bertz CT molecular complexity index is 423. The molecule has 2 aliphatic rings. The van der Waals surface area contributed by atoms with E-state index < -0.39 is 0 Å². The normalized spacial score (nSPS) is 33.6. The number of halogens is 1. The number of fused-ring (bicyclic) bond motifs is 2. The van der Waals surface area contributed by atoms with Crippen molar-refractivity contribution in [2.75, 3.05) is 7.05 Å². The van der Waals surface area contributed by atoms with Gasteiger partial charge in [0.25, 0.3) is 0 Å². The van der Waals surface area contributed by atoms with E-state index in [1.165, 1.54) is 25.1 Å². The lowest BCUT2D eigenvalue weighted by atomic mass is 9.83. The smallest absolute Gasteiger partial charge is 0.141 e. The second-order valence-electron chi connectivity index (χ2n) is 5.74. The van der Waals surface area contributed by atoms with Gasteiger partial charge in [-0.1, -0.05) is 0 Å². The third-order valence-electron chi connectivity index (χ3n) is 4.75. The molecule has 4 heteroatoms. The van der Waals surface area contributed by atoms with Crippen LogP contribution in [0.4, 0.5) is 4.39 Å². The van der Waals surface area contributed by atoms with Gasteiger partial charge < -0.3 is 10.6 Å². The summed E-state index contributed by atoms with van der Waals surface area (Å²) in [6.45, 7) is 0. The lowest BCUT2D eigenvalue weighted by Crippen LogP contribution is -2.42. The molecule has 0 aromatic carbocycles. The van der Waals surface area contributed by atoms with Gasteiger partial charge in [-0.15, -0.1) is 0 Å². The summed E-state index contributed by atoms with van der Waals surface area (Å²) in [5, 5.41) is 0. The molecular formula is C14H20FN3. The Labute approximate surface area is 107 Å². The third kappa shape index (κ3) is 2.04. The van der Waals surface area contributed by atoms with Crippen molar-refractivity contribution in [3.63, 3.8) is 0 Å². The molecular weight excluding hydrogens is 229 g/mol. The highest BCUT2D eigenvalue weighted by Crippen LogP contribution is 2.41. The molecule has 3 nitrogen and oxygen atoms in total. The molecule has 3 rings (SSSR count). The maximum atomic E-state index is 13.2. The van der Waals surface area contributed by atoms with Crippen LogP contribution in [0.3, 0.4) is 0 Å². The molecule has 98 valence electrons. The number of rotatable bonds is 2. The van der Waals surface area contributed by atoms with Gasteiger partial charge in [0.15, 0.2) is 0 Å². The number of nitrogens with zero attached hydrogens (tertiary/aromatic N) is 2. The molecule has 2 bridgehead atoms. The maximum absolute atomic E-state index is 13.2. The Morgan fingerprint density at radius 1 is 1.33 bits per heavy atom. The molecule has 3 atom stereocenters. The first-order valence-corrected chi connectivity index (χ1v) is 6.73. The van der Waals surface area contributed by atoms with Gasteiger partial charge in [0, 0.05) is 24.3 Å². The molecule has 1 aromatic heterocycles. The van der Waals surface area contributed by atoms with Crippen LogP contribution in [0, 0.1) is 11.7 Å². The second kappa shape index (κ2) is 4.59. The fourth-order valence-corrected chi connectivity index (χ4v) is 3.63. The van der Waals surface area contributed by atoms with Crippen LogP contribution in [-0.2, 0) is 0 Å². The highest BCUT2D eigenvalue weighted by molar-refractivity contribution is 5.16. The molecule has 0 aliphatic carbocycles. The van der Waals surface area contributed by atoms with Gasteiger partial charge in [0.1, 0.15) is 5.82 Å². The van der Waals surface area contributed by atoms with Crippen LogP contribution in [0.2, 0.25) is 0 Å². The van der Waals surface area contributed by atoms with Crippen molar-refractivity contribution < 1.29 is 4.39 Å². The van der Waals surface area contributed by atoms with Crippen LogP contribution in [-0.4, -0.2) is 29.0 Å². The Morgan fingerprint density at radius 2 is 2.00 bits per heavy atom. The van der Waals surface area contributed by atoms with Crippen molar-refractivity contribution in [1.29, 1.82) is 0 Å². The molecule has 2 N–H and O–H groups in total. The summed E-state index contributed by atoms with van der Waals surface area (Å²) >= 11 is 0. The number of pyridine rings is 1. The maximum Gasteiger partial charge on any atom is 0.141 e. The van der Waals surface area contributed by atoms with Crippen LogP contribution in [0.5, 0.6) is 0 Å². The van der Waals surface area contributed by atoms with Crippen molar-refractivity contribution in [2.45, 2.75) is 43.8 Å². The summed E-state index contributed by atoms with van der Waals surface area (Å²) in [5.41, 5.74) is 7.15. The summed E-state index contributed by atoms with van der Waals surface area (Å²) < 4.78 is 13.2. The summed E-state index contributed by atoms with van der Waals surface area (Å²) in [5.74, 6) is 0.168. The zero-order chi connectivity index (χ0) is 12.7. The summed E-state index contributed by atoms with van der Waals surface area (Å²) in [7, 11) is 2.22. The van der Waals surface area contributed by atoms with Crippen LogP contribution in [0.1, 0.15) is 37.3 Å². The van der Waals surface area contributed by atoms with E-state index in [4.69, 9.17) is 5.73 Å². The minimum Gasteiger partial charge on any atom is -0.324 e. The molecule has 0 amide bonds. The van der Waals surface area contributed by atoms with Gasteiger partial charge in [0.05, 0.1) is 6.20 Å². The average molecular weight is 249 g/mol. The molecule has 2 saturated heterocycles. The van der Waals surface area contributed by atoms with Crippen LogP contribution < -0.4 is 5.73 Å².